The minimum Gasteiger partial charge on any atom is -0.493 e. The summed E-state index contributed by atoms with van der Waals surface area (Å²) in [5.74, 6) is 0.511. The highest BCUT2D eigenvalue weighted by molar-refractivity contribution is 8.15. The lowest BCUT2D eigenvalue weighted by Gasteiger charge is -2.14. The molecule has 146 valence electrons. The molecule has 2 aromatic rings. The van der Waals surface area contributed by atoms with Gasteiger partial charge in [-0.2, -0.15) is 0 Å². The van der Waals surface area contributed by atoms with Gasteiger partial charge in [-0.25, -0.2) is 4.79 Å². The van der Waals surface area contributed by atoms with Gasteiger partial charge in [0.15, 0.2) is 0 Å². The van der Waals surface area contributed by atoms with E-state index < -0.39 is 6.03 Å². The summed E-state index contributed by atoms with van der Waals surface area (Å²) >= 11 is 1.03. The molecule has 0 bridgehead atoms. The average Bonchev–Trinajstić information content (AvgIpc) is 3.00. The molecule has 0 radical (unpaired) electrons. The SMILES string of the molecule is CN(C(N)=O)c1ccc(CCOc2ccc(CC3SC(=O)NC3=O)cc2)cc1. The summed E-state index contributed by atoms with van der Waals surface area (Å²) in [7, 11) is 1.62. The largest absolute Gasteiger partial charge is 0.493 e. The van der Waals surface area contributed by atoms with Crippen LogP contribution in [0.25, 0.3) is 0 Å². The van der Waals surface area contributed by atoms with Crippen molar-refractivity contribution in [2.45, 2.75) is 18.1 Å². The maximum atomic E-state index is 11.6. The van der Waals surface area contributed by atoms with Crippen LogP contribution in [0.4, 0.5) is 15.3 Å². The number of carbonyl (C=O) groups excluding carboxylic acids is 3. The quantitative estimate of drug-likeness (QED) is 0.745. The number of nitrogens with zero attached hydrogens (tertiary/aromatic N) is 1. The van der Waals surface area contributed by atoms with Gasteiger partial charge in [-0.3, -0.25) is 19.8 Å². The van der Waals surface area contributed by atoms with Crippen molar-refractivity contribution in [3.63, 3.8) is 0 Å². The van der Waals surface area contributed by atoms with Crippen LogP contribution >= 0.6 is 11.8 Å². The summed E-state index contributed by atoms with van der Waals surface area (Å²) in [6, 6.07) is 14.6. The zero-order valence-corrected chi connectivity index (χ0v) is 16.2. The second-order valence-corrected chi connectivity index (χ2v) is 7.57. The van der Waals surface area contributed by atoms with E-state index in [0.29, 0.717) is 13.0 Å². The number of primary amides is 1. The molecule has 7 nitrogen and oxygen atoms in total. The number of urea groups is 1. The predicted molar refractivity (Wildman–Crippen MR) is 109 cm³/mol. The first kappa shape index (κ1) is 19.8. The molecule has 0 aliphatic carbocycles. The van der Waals surface area contributed by atoms with Crippen molar-refractivity contribution < 1.29 is 19.1 Å². The van der Waals surface area contributed by atoms with Crippen LogP contribution in [0.1, 0.15) is 11.1 Å². The van der Waals surface area contributed by atoms with Crippen molar-refractivity contribution >= 4 is 34.6 Å². The zero-order valence-electron chi connectivity index (χ0n) is 15.4. The number of nitrogens with one attached hydrogen (secondary N) is 1. The van der Waals surface area contributed by atoms with E-state index >= 15 is 0 Å². The van der Waals surface area contributed by atoms with Crippen LogP contribution in [0, 0.1) is 0 Å². The fourth-order valence-electron chi connectivity index (χ4n) is 2.76. The third kappa shape index (κ3) is 5.04. The van der Waals surface area contributed by atoms with Crippen molar-refractivity contribution in [2.24, 2.45) is 5.73 Å². The third-order valence-corrected chi connectivity index (χ3v) is 5.41. The maximum absolute atomic E-state index is 11.6. The van der Waals surface area contributed by atoms with Crippen molar-refractivity contribution in [2.75, 3.05) is 18.6 Å². The van der Waals surface area contributed by atoms with Gasteiger partial charge >= 0.3 is 6.03 Å². The number of benzene rings is 2. The molecule has 3 rings (SSSR count). The number of carbonyl (C=O) groups is 3. The Labute approximate surface area is 167 Å². The molecule has 0 spiro atoms. The van der Waals surface area contributed by atoms with Crippen LogP contribution in [0.15, 0.2) is 48.5 Å². The summed E-state index contributed by atoms with van der Waals surface area (Å²) in [6.07, 6.45) is 1.23. The minimum absolute atomic E-state index is 0.233. The second kappa shape index (κ2) is 8.79. The van der Waals surface area contributed by atoms with Gasteiger partial charge < -0.3 is 10.5 Å². The monoisotopic (exact) mass is 399 g/mol. The van der Waals surface area contributed by atoms with Crippen LogP contribution in [0.2, 0.25) is 0 Å². The zero-order chi connectivity index (χ0) is 20.1. The lowest BCUT2D eigenvalue weighted by molar-refractivity contribution is -0.118. The lowest BCUT2D eigenvalue weighted by Crippen LogP contribution is -2.31. The van der Waals surface area contributed by atoms with Gasteiger partial charge in [0, 0.05) is 19.2 Å². The van der Waals surface area contributed by atoms with Crippen molar-refractivity contribution in [1.82, 2.24) is 5.32 Å². The van der Waals surface area contributed by atoms with E-state index in [2.05, 4.69) is 5.32 Å². The molecular formula is C20H21N3O4S. The van der Waals surface area contributed by atoms with Crippen molar-refractivity contribution in [1.29, 1.82) is 0 Å². The Morgan fingerprint density at radius 1 is 1.11 bits per heavy atom. The Kier molecular flexibility index (Phi) is 6.20. The van der Waals surface area contributed by atoms with Gasteiger partial charge in [-0.1, -0.05) is 36.0 Å². The summed E-state index contributed by atoms with van der Waals surface area (Å²) < 4.78 is 5.77. The average molecular weight is 399 g/mol. The Morgan fingerprint density at radius 2 is 1.75 bits per heavy atom. The number of nitrogens with two attached hydrogens (primary N) is 1. The summed E-state index contributed by atoms with van der Waals surface area (Å²) in [5, 5.41) is 1.64. The van der Waals surface area contributed by atoms with Crippen LogP contribution in [-0.4, -0.2) is 36.1 Å². The molecule has 1 heterocycles. The van der Waals surface area contributed by atoms with Gasteiger partial charge in [0.1, 0.15) is 5.75 Å². The van der Waals surface area contributed by atoms with E-state index in [4.69, 9.17) is 10.5 Å². The van der Waals surface area contributed by atoms with E-state index in [1.807, 2.05) is 48.5 Å². The molecule has 1 atom stereocenters. The number of hydrogen-bond acceptors (Lipinski definition) is 5. The van der Waals surface area contributed by atoms with Crippen LogP contribution in [0.5, 0.6) is 5.75 Å². The highest BCUT2D eigenvalue weighted by Crippen LogP contribution is 2.24. The highest BCUT2D eigenvalue weighted by atomic mass is 32.2. The highest BCUT2D eigenvalue weighted by Gasteiger charge is 2.31. The van der Waals surface area contributed by atoms with Crippen molar-refractivity contribution in [3.05, 3.63) is 59.7 Å². The van der Waals surface area contributed by atoms with Gasteiger partial charge in [0.2, 0.25) is 5.91 Å². The molecule has 2 aromatic carbocycles. The topological polar surface area (TPSA) is 102 Å². The normalized spacial score (nSPS) is 16.0. The molecule has 1 aliphatic rings. The lowest BCUT2D eigenvalue weighted by atomic mass is 10.1. The number of ether oxygens (including phenoxy) is 1. The summed E-state index contributed by atoms with van der Waals surface area (Å²) in [6.45, 7) is 0.514. The Balaban J connectivity index is 1.47. The standard InChI is InChI=1S/C20H21N3O4S/c1-23(19(21)25)15-6-2-13(3-7-15)10-11-27-16-8-4-14(5-9-16)12-17-18(24)22-20(26)28-17/h2-9,17H,10-12H2,1H3,(H2,21,25)(H,22,24,26). The van der Waals surface area contributed by atoms with E-state index in [1.165, 1.54) is 4.90 Å². The second-order valence-electron chi connectivity index (χ2n) is 6.39. The number of thioether (sulfide) groups is 1. The molecule has 1 fully saturated rings. The van der Waals surface area contributed by atoms with Gasteiger partial charge in [0.25, 0.3) is 5.24 Å². The summed E-state index contributed by atoms with van der Waals surface area (Å²) in [4.78, 5) is 35.4. The molecule has 8 heteroatoms. The summed E-state index contributed by atoms with van der Waals surface area (Å²) in [5.41, 5.74) is 8.06. The van der Waals surface area contributed by atoms with Crippen molar-refractivity contribution in [3.8, 4) is 5.75 Å². The molecule has 0 aromatic heterocycles. The fraction of sp³-hybridized carbons (Fsp3) is 0.250. The number of rotatable bonds is 7. The Hall–Kier alpha value is -3.00. The molecule has 4 amide bonds. The molecule has 28 heavy (non-hydrogen) atoms. The van der Waals surface area contributed by atoms with E-state index in [9.17, 15) is 14.4 Å². The fourth-order valence-corrected chi connectivity index (χ4v) is 3.62. The van der Waals surface area contributed by atoms with E-state index in [-0.39, 0.29) is 16.4 Å². The number of hydrogen-bond donors (Lipinski definition) is 2. The first-order valence-electron chi connectivity index (χ1n) is 8.77. The van der Waals surface area contributed by atoms with E-state index in [0.717, 1.165) is 40.7 Å². The molecular weight excluding hydrogens is 378 g/mol. The third-order valence-electron chi connectivity index (χ3n) is 4.43. The first-order valence-corrected chi connectivity index (χ1v) is 9.65. The van der Waals surface area contributed by atoms with Gasteiger partial charge in [-0.15, -0.1) is 0 Å². The smallest absolute Gasteiger partial charge is 0.318 e. The van der Waals surface area contributed by atoms with Crippen LogP contribution in [0.3, 0.4) is 0 Å². The van der Waals surface area contributed by atoms with Gasteiger partial charge in [0.05, 0.1) is 11.9 Å². The molecule has 3 N–H and O–H groups in total. The molecule has 1 saturated heterocycles. The Bertz CT molecular complexity index is 868. The number of amides is 4. The van der Waals surface area contributed by atoms with Crippen LogP contribution in [-0.2, 0) is 17.6 Å². The first-order chi connectivity index (χ1) is 13.4. The van der Waals surface area contributed by atoms with E-state index in [1.54, 1.807) is 7.05 Å². The number of imide groups is 1. The number of anilines is 1. The minimum atomic E-state index is -0.502. The molecule has 0 saturated carbocycles. The molecule has 1 aliphatic heterocycles. The Morgan fingerprint density at radius 3 is 2.32 bits per heavy atom. The van der Waals surface area contributed by atoms with Crippen LogP contribution < -0.4 is 20.7 Å². The molecule has 1 unspecified atom stereocenters. The maximum Gasteiger partial charge on any atom is 0.318 e. The van der Waals surface area contributed by atoms with Gasteiger partial charge in [-0.05, 0) is 41.8 Å². The predicted octanol–water partition coefficient (Wildman–Crippen LogP) is 2.72.